The van der Waals surface area contributed by atoms with Crippen LogP contribution in [-0.4, -0.2) is 9.65 Å². The Morgan fingerprint density at radius 1 is 1.33 bits per heavy atom. The summed E-state index contributed by atoms with van der Waals surface area (Å²) in [5, 5.41) is 0. The molecule has 0 aromatic carbocycles. The van der Waals surface area contributed by atoms with Gasteiger partial charge in [-0.3, -0.25) is 0 Å². The highest BCUT2D eigenvalue weighted by molar-refractivity contribution is 9.10. The Kier molecular flexibility index (Phi) is 4.59. The van der Waals surface area contributed by atoms with Crippen LogP contribution in [0.4, 0.5) is 0 Å². The van der Waals surface area contributed by atoms with E-state index in [-0.39, 0.29) is 0 Å². The van der Waals surface area contributed by atoms with Crippen LogP contribution in [0.1, 0.15) is 39.5 Å². The van der Waals surface area contributed by atoms with Gasteiger partial charge in [-0.15, -0.1) is 0 Å². The highest BCUT2D eigenvalue weighted by Crippen LogP contribution is 2.38. The summed E-state index contributed by atoms with van der Waals surface area (Å²) in [7, 11) is 0. The first-order valence-electron chi connectivity index (χ1n) is 4.93. The zero-order chi connectivity index (χ0) is 9.14. The smallest absolute Gasteiger partial charge is 0.0187 e. The van der Waals surface area contributed by atoms with Gasteiger partial charge in [-0.25, -0.2) is 0 Å². The van der Waals surface area contributed by atoms with Crippen LogP contribution in [0.3, 0.4) is 0 Å². The normalized spacial score (nSPS) is 39.5. The van der Waals surface area contributed by atoms with Gasteiger partial charge in [0.2, 0.25) is 0 Å². The molecule has 1 aliphatic carbocycles. The lowest BCUT2D eigenvalue weighted by Gasteiger charge is -2.34. The van der Waals surface area contributed by atoms with Crippen molar-refractivity contribution < 1.29 is 0 Å². The SMILES string of the molecule is CCC(C)C1CCC(Br)CC1Br. The molecule has 0 radical (unpaired) electrons. The fraction of sp³-hybridized carbons (Fsp3) is 1.00. The molecule has 72 valence electrons. The Hall–Kier alpha value is 0.960. The molecule has 0 aromatic rings. The van der Waals surface area contributed by atoms with E-state index in [4.69, 9.17) is 0 Å². The summed E-state index contributed by atoms with van der Waals surface area (Å²) in [4.78, 5) is 1.49. The Bertz CT molecular complexity index is 136. The third kappa shape index (κ3) is 2.73. The fourth-order valence-corrected chi connectivity index (χ4v) is 4.44. The molecule has 1 saturated carbocycles. The van der Waals surface area contributed by atoms with Crippen LogP contribution in [-0.2, 0) is 0 Å². The molecule has 0 nitrogen and oxygen atoms in total. The van der Waals surface area contributed by atoms with E-state index in [1.165, 1.54) is 25.7 Å². The topological polar surface area (TPSA) is 0 Å². The van der Waals surface area contributed by atoms with Gasteiger partial charge in [0.15, 0.2) is 0 Å². The molecule has 0 aliphatic heterocycles. The van der Waals surface area contributed by atoms with Gasteiger partial charge < -0.3 is 0 Å². The third-order valence-electron chi connectivity index (χ3n) is 3.13. The zero-order valence-electron chi connectivity index (χ0n) is 7.89. The summed E-state index contributed by atoms with van der Waals surface area (Å²) in [6.45, 7) is 4.68. The van der Waals surface area contributed by atoms with E-state index < -0.39 is 0 Å². The molecule has 2 heteroatoms. The van der Waals surface area contributed by atoms with E-state index in [9.17, 15) is 0 Å². The van der Waals surface area contributed by atoms with E-state index in [2.05, 4.69) is 45.7 Å². The average Bonchev–Trinajstić information content (AvgIpc) is 2.03. The van der Waals surface area contributed by atoms with Crippen LogP contribution in [0.2, 0.25) is 0 Å². The molecular formula is C10H18Br2. The van der Waals surface area contributed by atoms with E-state index in [0.717, 1.165) is 21.5 Å². The van der Waals surface area contributed by atoms with Crippen molar-refractivity contribution in [1.29, 1.82) is 0 Å². The zero-order valence-corrected chi connectivity index (χ0v) is 11.1. The van der Waals surface area contributed by atoms with Gasteiger partial charge in [0.05, 0.1) is 0 Å². The quantitative estimate of drug-likeness (QED) is 0.664. The standard InChI is InChI=1S/C10H18Br2/c1-3-7(2)9-5-4-8(11)6-10(9)12/h7-10H,3-6H2,1-2H3. The molecular weight excluding hydrogens is 280 g/mol. The Morgan fingerprint density at radius 3 is 2.50 bits per heavy atom. The number of halogens is 2. The van der Waals surface area contributed by atoms with Crippen LogP contribution >= 0.6 is 31.9 Å². The van der Waals surface area contributed by atoms with Crippen LogP contribution in [0.15, 0.2) is 0 Å². The largest absolute Gasteiger partial charge is 0.0890 e. The maximum absolute atomic E-state index is 3.81. The van der Waals surface area contributed by atoms with Crippen molar-refractivity contribution in [3.05, 3.63) is 0 Å². The van der Waals surface area contributed by atoms with Gasteiger partial charge in [-0.2, -0.15) is 0 Å². The molecule has 1 rings (SSSR count). The van der Waals surface area contributed by atoms with Crippen molar-refractivity contribution >= 4 is 31.9 Å². The highest BCUT2D eigenvalue weighted by Gasteiger charge is 2.30. The van der Waals surface area contributed by atoms with Gasteiger partial charge in [0.1, 0.15) is 0 Å². The minimum absolute atomic E-state index is 0.741. The second-order valence-electron chi connectivity index (χ2n) is 3.98. The maximum Gasteiger partial charge on any atom is 0.0187 e. The number of alkyl halides is 2. The highest BCUT2D eigenvalue weighted by atomic mass is 79.9. The molecule has 4 unspecified atom stereocenters. The van der Waals surface area contributed by atoms with Gasteiger partial charge in [-0.05, 0) is 31.1 Å². The van der Waals surface area contributed by atoms with Crippen LogP contribution in [0.5, 0.6) is 0 Å². The summed E-state index contributed by atoms with van der Waals surface area (Å²) in [5.41, 5.74) is 0. The molecule has 4 atom stereocenters. The first-order chi connectivity index (χ1) is 5.65. The second kappa shape index (κ2) is 4.99. The van der Waals surface area contributed by atoms with Crippen molar-refractivity contribution in [2.45, 2.75) is 49.2 Å². The monoisotopic (exact) mass is 296 g/mol. The predicted octanol–water partition coefficient (Wildman–Crippen LogP) is 4.36. The van der Waals surface area contributed by atoms with Crippen LogP contribution in [0, 0.1) is 11.8 Å². The van der Waals surface area contributed by atoms with E-state index in [1.807, 2.05) is 0 Å². The van der Waals surface area contributed by atoms with Crippen molar-refractivity contribution in [2.24, 2.45) is 11.8 Å². The number of hydrogen-bond acceptors (Lipinski definition) is 0. The molecule has 1 aliphatic rings. The average molecular weight is 298 g/mol. The molecule has 0 N–H and O–H groups in total. The molecule has 0 bridgehead atoms. The minimum atomic E-state index is 0.741. The molecule has 0 aromatic heterocycles. The Labute approximate surface area is 92.8 Å². The summed E-state index contributed by atoms with van der Waals surface area (Å²) in [6, 6.07) is 0. The molecule has 0 amide bonds. The van der Waals surface area contributed by atoms with Crippen LogP contribution in [0.25, 0.3) is 0 Å². The first kappa shape index (κ1) is 11.0. The third-order valence-corrected chi connectivity index (χ3v) is 5.02. The minimum Gasteiger partial charge on any atom is -0.0890 e. The number of rotatable bonds is 2. The van der Waals surface area contributed by atoms with E-state index >= 15 is 0 Å². The van der Waals surface area contributed by atoms with Crippen molar-refractivity contribution in [1.82, 2.24) is 0 Å². The summed E-state index contributed by atoms with van der Waals surface area (Å²) < 4.78 is 0. The van der Waals surface area contributed by atoms with Gasteiger partial charge in [0.25, 0.3) is 0 Å². The summed E-state index contributed by atoms with van der Waals surface area (Å²) in [6.07, 6.45) is 5.37. The van der Waals surface area contributed by atoms with Crippen LogP contribution < -0.4 is 0 Å². The van der Waals surface area contributed by atoms with E-state index in [0.29, 0.717) is 0 Å². The fourth-order valence-electron chi connectivity index (χ4n) is 2.03. The first-order valence-corrected chi connectivity index (χ1v) is 6.76. The second-order valence-corrected chi connectivity index (χ2v) is 6.45. The molecule has 0 saturated heterocycles. The summed E-state index contributed by atoms with van der Waals surface area (Å²) in [5.74, 6) is 1.79. The van der Waals surface area contributed by atoms with Crippen molar-refractivity contribution in [3.8, 4) is 0 Å². The van der Waals surface area contributed by atoms with Crippen molar-refractivity contribution in [3.63, 3.8) is 0 Å². The van der Waals surface area contributed by atoms with Crippen molar-refractivity contribution in [2.75, 3.05) is 0 Å². The molecule has 0 heterocycles. The molecule has 12 heavy (non-hydrogen) atoms. The Balaban J connectivity index is 2.44. The van der Waals surface area contributed by atoms with Gasteiger partial charge in [-0.1, -0.05) is 52.1 Å². The lowest BCUT2D eigenvalue weighted by molar-refractivity contribution is 0.276. The summed E-state index contributed by atoms with van der Waals surface area (Å²) >= 11 is 7.50. The molecule has 0 spiro atoms. The van der Waals surface area contributed by atoms with E-state index in [1.54, 1.807) is 0 Å². The Morgan fingerprint density at radius 2 is 2.00 bits per heavy atom. The predicted molar refractivity (Wildman–Crippen MR) is 62.2 cm³/mol. The lowest BCUT2D eigenvalue weighted by atomic mass is 9.80. The number of hydrogen-bond donors (Lipinski definition) is 0. The van der Waals surface area contributed by atoms with Gasteiger partial charge in [0, 0.05) is 9.65 Å². The maximum atomic E-state index is 3.81. The van der Waals surface area contributed by atoms with Gasteiger partial charge >= 0.3 is 0 Å². The lowest BCUT2D eigenvalue weighted by Crippen LogP contribution is -2.29. The molecule has 1 fully saturated rings.